The van der Waals surface area contributed by atoms with Crippen LogP contribution >= 0.6 is 0 Å². The number of halogens is 1. The molecule has 0 aromatic heterocycles. The van der Waals surface area contributed by atoms with Crippen molar-refractivity contribution in [2.45, 2.75) is 18.9 Å². The van der Waals surface area contributed by atoms with E-state index >= 15 is 0 Å². The zero-order valence-corrected chi connectivity index (χ0v) is 10.1. The monoisotopic (exact) mass is 252 g/mol. The maximum absolute atomic E-state index is 13.3. The van der Waals surface area contributed by atoms with Crippen LogP contribution in [0.1, 0.15) is 12.8 Å². The molecule has 5 heteroatoms. The molecule has 2 N–H and O–H groups in total. The standard InChI is InChI=1S/C13H17FN2O2/c14-11-3-1-2-4-12(11)15-13(18)6-8-16-7-5-10(17)9-16/h1-4,10,17H,5-9H2,(H,15,18)/t10-/m0/s1. The Bertz CT molecular complexity index is 425. The van der Waals surface area contributed by atoms with Crippen LogP contribution in [0.5, 0.6) is 0 Å². The van der Waals surface area contributed by atoms with E-state index in [1.165, 1.54) is 12.1 Å². The second-order valence-corrected chi connectivity index (χ2v) is 4.52. The van der Waals surface area contributed by atoms with Gasteiger partial charge in [0.1, 0.15) is 5.82 Å². The quantitative estimate of drug-likeness (QED) is 0.847. The molecular formula is C13H17FN2O2. The summed E-state index contributed by atoms with van der Waals surface area (Å²) in [6.07, 6.45) is 0.787. The van der Waals surface area contributed by atoms with Crippen LogP contribution in [-0.4, -0.2) is 41.7 Å². The molecule has 1 heterocycles. The Kier molecular flexibility index (Phi) is 4.28. The number of amides is 1. The lowest BCUT2D eigenvalue weighted by atomic mass is 10.3. The van der Waals surface area contributed by atoms with Crippen molar-refractivity contribution in [1.82, 2.24) is 4.90 Å². The Morgan fingerprint density at radius 3 is 2.94 bits per heavy atom. The molecule has 2 rings (SSSR count). The van der Waals surface area contributed by atoms with Crippen molar-refractivity contribution in [3.05, 3.63) is 30.1 Å². The third-order valence-electron chi connectivity index (χ3n) is 3.05. The van der Waals surface area contributed by atoms with Crippen molar-refractivity contribution < 1.29 is 14.3 Å². The van der Waals surface area contributed by atoms with Gasteiger partial charge in [-0.15, -0.1) is 0 Å². The first kappa shape index (κ1) is 13.0. The van der Waals surface area contributed by atoms with Crippen molar-refractivity contribution in [1.29, 1.82) is 0 Å². The smallest absolute Gasteiger partial charge is 0.225 e. The number of aliphatic hydroxyl groups excluding tert-OH is 1. The number of hydrogen-bond donors (Lipinski definition) is 2. The fourth-order valence-corrected chi connectivity index (χ4v) is 2.05. The first-order valence-corrected chi connectivity index (χ1v) is 6.10. The maximum atomic E-state index is 13.3. The van der Waals surface area contributed by atoms with Gasteiger partial charge in [-0.25, -0.2) is 4.39 Å². The highest BCUT2D eigenvalue weighted by atomic mass is 19.1. The Hall–Kier alpha value is -1.46. The van der Waals surface area contributed by atoms with E-state index in [1.807, 2.05) is 4.90 Å². The minimum atomic E-state index is -0.428. The zero-order valence-electron chi connectivity index (χ0n) is 10.1. The van der Waals surface area contributed by atoms with Gasteiger partial charge in [0.25, 0.3) is 0 Å². The van der Waals surface area contributed by atoms with Crippen LogP contribution in [0.3, 0.4) is 0 Å². The molecule has 4 nitrogen and oxygen atoms in total. The van der Waals surface area contributed by atoms with E-state index < -0.39 is 5.82 Å². The molecular weight excluding hydrogens is 235 g/mol. The number of β-amino-alcohol motifs (C(OH)–C–C–N with tert-alkyl or cyclic N) is 1. The number of para-hydroxylation sites is 1. The third-order valence-corrected chi connectivity index (χ3v) is 3.05. The number of anilines is 1. The molecule has 0 unspecified atom stereocenters. The van der Waals surface area contributed by atoms with E-state index in [0.29, 0.717) is 19.5 Å². The molecule has 0 saturated carbocycles. The van der Waals surface area contributed by atoms with Crippen LogP contribution in [0.4, 0.5) is 10.1 Å². The summed E-state index contributed by atoms with van der Waals surface area (Å²) in [5.41, 5.74) is 0.212. The van der Waals surface area contributed by atoms with Crippen LogP contribution in [0.15, 0.2) is 24.3 Å². The summed E-state index contributed by atoms with van der Waals surface area (Å²) in [7, 11) is 0. The summed E-state index contributed by atoms with van der Waals surface area (Å²) in [6.45, 7) is 2.03. The molecule has 1 aromatic carbocycles. The first-order chi connectivity index (χ1) is 8.65. The van der Waals surface area contributed by atoms with Crippen LogP contribution in [0.25, 0.3) is 0 Å². The van der Waals surface area contributed by atoms with Crippen LogP contribution in [0.2, 0.25) is 0 Å². The van der Waals surface area contributed by atoms with Crippen LogP contribution in [0, 0.1) is 5.82 Å². The number of rotatable bonds is 4. The van der Waals surface area contributed by atoms with E-state index in [0.717, 1.165) is 13.0 Å². The summed E-state index contributed by atoms with van der Waals surface area (Å²) in [4.78, 5) is 13.7. The number of carbonyl (C=O) groups is 1. The number of nitrogens with one attached hydrogen (secondary N) is 1. The summed E-state index contributed by atoms with van der Waals surface area (Å²) in [6, 6.07) is 6.10. The summed E-state index contributed by atoms with van der Waals surface area (Å²) in [5.74, 6) is -0.635. The molecule has 0 aliphatic carbocycles. The van der Waals surface area contributed by atoms with Gasteiger partial charge in [0, 0.05) is 26.1 Å². The fourth-order valence-electron chi connectivity index (χ4n) is 2.05. The molecule has 1 aliphatic rings. The van der Waals surface area contributed by atoms with Gasteiger partial charge in [-0.2, -0.15) is 0 Å². The predicted molar refractivity (Wildman–Crippen MR) is 66.7 cm³/mol. The van der Waals surface area contributed by atoms with Gasteiger partial charge in [0.2, 0.25) is 5.91 Å². The van der Waals surface area contributed by atoms with Crippen molar-refractivity contribution in [3.8, 4) is 0 Å². The van der Waals surface area contributed by atoms with Gasteiger partial charge in [-0.3, -0.25) is 4.79 Å². The van der Waals surface area contributed by atoms with E-state index in [1.54, 1.807) is 12.1 Å². The lowest BCUT2D eigenvalue weighted by molar-refractivity contribution is -0.116. The number of likely N-dealkylation sites (tertiary alicyclic amines) is 1. The van der Waals surface area contributed by atoms with Crippen molar-refractivity contribution in [2.24, 2.45) is 0 Å². The average Bonchev–Trinajstić information content (AvgIpc) is 2.76. The van der Waals surface area contributed by atoms with Crippen molar-refractivity contribution in [2.75, 3.05) is 25.0 Å². The lowest BCUT2D eigenvalue weighted by Gasteiger charge is -2.14. The van der Waals surface area contributed by atoms with Gasteiger partial charge in [0.05, 0.1) is 11.8 Å². The van der Waals surface area contributed by atoms with Crippen LogP contribution < -0.4 is 5.32 Å². The average molecular weight is 252 g/mol. The zero-order chi connectivity index (χ0) is 13.0. The van der Waals surface area contributed by atoms with E-state index in [4.69, 9.17) is 0 Å². The molecule has 1 amide bonds. The van der Waals surface area contributed by atoms with E-state index in [-0.39, 0.29) is 17.7 Å². The normalized spacial score (nSPS) is 20.0. The molecule has 1 fully saturated rings. The third kappa shape index (κ3) is 3.51. The minimum Gasteiger partial charge on any atom is -0.392 e. The van der Waals surface area contributed by atoms with Crippen LogP contribution in [-0.2, 0) is 4.79 Å². The number of aliphatic hydroxyl groups is 1. The highest BCUT2D eigenvalue weighted by Gasteiger charge is 2.20. The maximum Gasteiger partial charge on any atom is 0.225 e. The Morgan fingerprint density at radius 1 is 1.50 bits per heavy atom. The van der Waals surface area contributed by atoms with Gasteiger partial charge < -0.3 is 15.3 Å². The highest BCUT2D eigenvalue weighted by Crippen LogP contribution is 2.13. The van der Waals surface area contributed by atoms with Gasteiger partial charge in [0.15, 0.2) is 0 Å². The Balaban J connectivity index is 1.77. The van der Waals surface area contributed by atoms with Crippen molar-refractivity contribution in [3.63, 3.8) is 0 Å². The Morgan fingerprint density at radius 2 is 2.28 bits per heavy atom. The molecule has 1 aliphatic heterocycles. The largest absolute Gasteiger partial charge is 0.392 e. The molecule has 1 aromatic rings. The highest BCUT2D eigenvalue weighted by molar-refractivity contribution is 5.90. The van der Waals surface area contributed by atoms with E-state index in [9.17, 15) is 14.3 Å². The van der Waals surface area contributed by atoms with Gasteiger partial charge in [-0.1, -0.05) is 12.1 Å². The molecule has 0 bridgehead atoms. The minimum absolute atomic E-state index is 0.207. The summed E-state index contributed by atoms with van der Waals surface area (Å²) >= 11 is 0. The Labute approximate surface area is 105 Å². The second kappa shape index (κ2) is 5.93. The first-order valence-electron chi connectivity index (χ1n) is 6.10. The number of carbonyl (C=O) groups excluding carboxylic acids is 1. The lowest BCUT2D eigenvalue weighted by Crippen LogP contribution is -2.26. The molecule has 98 valence electrons. The molecule has 0 spiro atoms. The molecule has 1 saturated heterocycles. The topological polar surface area (TPSA) is 52.6 Å². The number of hydrogen-bond acceptors (Lipinski definition) is 3. The van der Waals surface area contributed by atoms with Crippen molar-refractivity contribution >= 4 is 11.6 Å². The fraction of sp³-hybridized carbons (Fsp3) is 0.462. The molecule has 1 atom stereocenters. The van der Waals surface area contributed by atoms with E-state index in [2.05, 4.69) is 5.32 Å². The van der Waals surface area contributed by atoms with Gasteiger partial charge >= 0.3 is 0 Å². The summed E-state index contributed by atoms with van der Waals surface area (Å²) < 4.78 is 13.3. The predicted octanol–water partition coefficient (Wildman–Crippen LogP) is 1.22. The molecule has 18 heavy (non-hydrogen) atoms. The number of nitrogens with zero attached hydrogens (tertiary/aromatic N) is 1. The number of benzene rings is 1. The second-order valence-electron chi connectivity index (χ2n) is 4.52. The SMILES string of the molecule is O=C(CCN1CC[C@H](O)C1)Nc1ccccc1F. The molecule has 0 radical (unpaired) electrons. The van der Waals surface area contributed by atoms with Gasteiger partial charge in [-0.05, 0) is 18.6 Å². The summed E-state index contributed by atoms with van der Waals surface area (Å²) in [5, 5.41) is 11.9.